The van der Waals surface area contributed by atoms with Crippen molar-refractivity contribution < 1.29 is 4.79 Å². The lowest BCUT2D eigenvalue weighted by Crippen LogP contribution is -2.48. The van der Waals surface area contributed by atoms with E-state index in [1.165, 1.54) is 5.56 Å². The monoisotopic (exact) mass is 344 g/mol. The van der Waals surface area contributed by atoms with Crippen LogP contribution in [0.15, 0.2) is 35.3 Å². The fraction of sp³-hybridized carbons (Fsp3) is 0.556. The average Bonchev–Trinajstić information content (AvgIpc) is 3.27. The normalized spacial score (nSPS) is 27.4. The Morgan fingerprint density at radius 2 is 2.38 bits per heavy atom. The largest absolute Gasteiger partial charge is 0.335 e. The molecule has 2 aromatic heterocycles. The van der Waals surface area contributed by atoms with E-state index in [-0.39, 0.29) is 11.9 Å². The van der Waals surface area contributed by atoms with Gasteiger partial charge in [0.15, 0.2) is 0 Å². The Bertz CT molecular complexity index is 669. The molecule has 0 N–H and O–H groups in total. The number of hydrogen-bond donors (Lipinski definition) is 0. The van der Waals surface area contributed by atoms with Crippen molar-refractivity contribution in [2.24, 2.45) is 5.92 Å². The van der Waals surface area contributed by atoms with E-state index in [2.05, 4.69) is 31.7 Å². The quantitative estimate of drug-likeness (QED) is 0.855. The molecule has 5 nitrogen and oxygen atoms in total. The van der Waals surface area contributed by atoms with Gasteiger partial charge in [-0.15, -0.1) is 0 Å². The zero-order valence-electron chi connectivity index (χ0n) is 14.0. The standard InChI is InChI=1S/C18H24N4OS/c1-14(23)22-17(12-21-6-2-5-19-21)9-16-11-20(7-3-18(16)22)10-15-4-8-24-13-15/h2,4-6,8,13,16-18H,3,7,9-12H2,1H3/t16-,17+,18+/m1/s1. The van der Waals surface area contributed by atoms with Crippen molar-refractivity contribution in [3.63, 3.8) is 0 Å². The molecule has 0 aliphatic carbocycles. The first-order valence-corrected chi connectivity index (χ1v) is 9.65. The van der Waals surface area contributed by atoms with Crippen molar-refractivity contribution in [2.75, 3.05) is 13.1 Å². The molecule has 2 aromatic rings. The minimum Gasteiger partial charge on any atom is -0.335 e. The number of thiophene rings is 1. The summed E-state index contributed by atoms with van der Waals surface area (Å²) in [6.45, 7) is 5.74. The summed E-state index contributed by atoms with van der Waals surface area (Å²) in [6, 6.07) is 4.84. The molecule has 6 heteroatoms. The van der Waals surface area contributed by atoms with Gasteiger partial charge in [-0.2, -0.15) is 16.4 Å². The SMILES string of the molecule is CC(=O)N1[C@H](Cn2cccn2)C[C@@H]2CN(Cc3ccsc3)CC[C@@H]21. The Kier molecular flexibility index (Phi) is 4.41. The van der Waals surface area contributed by atoms with Crippen LogP contribution >= 0.6 is 11.3 Å². The fourth-order valence-electron chi connectivity index (χ4n) is 4.49. The molecule has 128 valence electrons. The number of fused-ring (bicyclic) bond motifs is 1. The second kappa shape index (κ2) is 6.69. The lowest BCUT2D eigenvalue weighted by molar-refractivity contribution is -0.133. The number of amides is 1. The van der Waals surface area contributed by atoms with Gasteiger partial charge in [0.25, 0.3) is 0 Å². The first kappa shape index (κ1) is 15.8. The molecule has 2 saturated heterocycles. The van der Waals surface area contributed by atoms with Crippen LogP contribution in [0.2, 0.25) is 0 Å². The zero-order chi connectivity index (χ0) is 16.5. The maximum absolute atomic E-state index is 12.3. The average molecular weight is 344 g/mol. The summed E-state index contributed by atoms with van der Waals surface area (Å²) in [4.78, 5) is 17.0. The van der Waals surface area contributed by atoms with E-state index in [1.807, 2.05) is 23.1 Å². The summed E-state index contributed by atoms with van der Waals surface area (Å²) in [7, 11) is 0. The van der Waals surface area contributed by atoms with Crippen LogP contribution in [-0.4, -0.2) is 50.7 Å². The number of hydrogen-bond acceptors (Lipinski definition) is 4. The minimum absolute atomic E-state index is 0.214. The number of nitrogens with zero attached hydrogens (tertiary/aromatic N) is 4. The predicted octanol–water partition coefficient (Wildman–Crippen LogP) is 2.46. The topological polar surface area (TPSA) is 41.4 Å². The second-order valence-corrected chi connectivity index (χ2v) is 7.81. The van der Waals surface area contributed by atoms with Gasteiger partial charge in [0.05, 0.1) is 12.6 Å². The van der Waals surface area contributed by atoms with E-state index in [9.17, 15) is 4.79 Å². The highest BCUT2D eigenvalue weighted by molar-refractivity contribution is 7.07. The van der Waals surface area contributed by atoms with Crippen molar-refractivity contribution >= 4 is 17.2 Å². The van der Waals surface area contributed by atoms with Crippen LogP contribution in [0.1, 0.15) is 25.3 Å². The van der Waals surface area contributed by atoms with Gasteiger partial charge >= 0.3 is 0 Å². The van der Waals surface area contributed by atoms with Gasteiger partial charge < -0.3 is 4.90 Å². The van der Waals surface area contributed by atoms with Gasteiger partial charge in [-0.3, -0.25) is 14.4 Å². The van der Waals surface area contributed by atoms with Crippen LogP contribution in [0.25, 0.3) is 0 Å². The number of rotatable bonds is 4. The van der Waals surface area contributed by atoms with Gasteiger partial charge in [-0.05, 0) is 47.2 Å². The van der Waals surface area contributed by atoms with Crippen molar-refractivity contribution in [3.8, 4) is 0 Å². The molecule has 0 saturated carbocycles. The predicted molar refractivity (Wildman–Crippen MR) is 94.6 cm³/mol. The first-order chi connectivity index (χ1) is 11.7. The Morgan fingerprint density at radius 1 is 1.46 bits per heavy atom. The van der Waals surface area contributed by atoms with Crippen molar-refractivity contribution in [2.45, 2.75) is 44.9 Å². The minimum atomic E-state index is 0.214. The maximum Gasteiger partial charge on any atom is 0.220 e. The molecule has 0 bridgehead atoms. The van der Waals surface area contributed by atoms with Crippen LogP contribution < -0.4 is 0 Å². The third kappa shape index (κ3) is 3.13. The maximum atomic E-state index is 12.3. The Hall–Kier alpha value is -1.66. The second-order valence-electron chi connectivity index (χ2n) is 7.03. The third-order valence-electron chi connectivity index (χ3n) is 5.41. The van der Waals surface area contributed by atoms with Gasteiger partial charge in [-0.25, -0.2) is 0 Å². The smallest absolute Gasteiger partial charge is 0.220 e. The molecule has 2 aliphatic rings. The van der Waals surface area contributed by atoms with Crippen LogP contribution in [0.3, 0.4) is 0 Å². The summed E-state index contributed by atoms with van der Waals surface area (Å²) in [5.74, 6) is 0.799. The van der Waals surface area contributed by atoms with Crippen LogP contribution in [-0.2, 0) is 17.9 Å². The summed E-state index contributed by atoms with van der Waals surface area (Å²) in [5, 5.41) is 8.71. The van der Waals surface area contributed by atoms with Crippen molar-refractivity contribution in [1.29, 1.82) is 0 Å². The summed E-state index contributed by atoms with van der Waals surface area (Å²) in [6.07, 6.45) is 5.97. The molecule has 0 unspecified atom stereocenters. The number of aromatic nitrogens is 2. The molecule has 0 radical (unpaired) electrons. The van der Waals surface area contributed by atoms with Gasteiger partial charge in [-0.1, -0.05) is 0 Å². The molecule has 2 fully saturated rings. The first-order valence-electron chi connectivity index (χ1n) is 8.70. The highest BCUT2D eigenvalue weighted by atomic mass is 32.1. The molecular formula is C18H24N4OS. The summed E-state index contributed by atoms with van der Waals surface area (Å²) >= 11 is 1.77. The molecule has 2 aliphatic heterocycles. The van der Waals surface area contributed by atoms with Crippen LogP contribution in [0.4, 0.5) is 0 Å². The Morgan fingerprint density at radius 3 is 3.08 bits per heavy atom. The van der Waals surface area contributed by atoms with E-state index in [0.717, 1.165) is 39.0 Å². The lowest BCUT2D eigenvalue weighted by Gasteiger charge is -2.38. The molecular weight excluding hydrogens is 320 g/mol. The molecule has 4 rings (SSSR count). The summed E-state index contributed by atoms with van der Waals surface area (Å²) < 4.78 is 1.96. The molecule has 1 amide bonds. The number of carbonyl (C=O) groups is 1. The van der Waals surface area contributed by atoms with E-state index >= 15 is 0 Å². The molecule has 3 atom stereocenters. The number of piperidine rings is 1. The molecule has 4 heterocycles. The highest BCUT2D eigenvalue weighted by Crippen LogP contribution is 2.36. The number of carbonyl (C=O) groups excluding carboxylic acids is 1. The summed E-state index contributed by atoms with van der Waals surface area (Å²) in [5.41, 5.74) is 1.41. The molecule has 24 heavy (non-hydrogen) atoms. The van der Waals surface area contributed by atoms with Gasteiger partial charge in [0.1, 0.15) is 0 Å². The highest BCUT2D eigenvalue weighted by Gasteiger charge is 2.45. The van der Waals surface area contributed by atoms with E-state index in [4.69, 9.17) is 0 Å². The van der Waals surface area contributed by atoms with E-state index in [1.54, 1.807) is 18.3 Å². The van der Waals surface area contributed by atoms with Crippen molar-refractivity contribution in [1.82, 2.24) is 19.6 Å². The van der Waals surface area contributed by atoms with E-state index in [0.29, 0.717) is 12.0 Å². The van der Waals surface area contributed by atoms with Crippen LogP contribution in [0, 0.1) is 5.92 Å². The van der Waals surface area contributed by atoms with Crippen LogP contribution in [0.5, 0.6) is 0 Å². The van der Waals surface area contributed by atoms with E-state index < -0.39 is 0 Å². The Labute approximate surface area is 146 Å². The lowest BCUT2D eigenvalue weighted by atomic mass is 9.92. The number of likely N-dealkylation sites (tertiary alicyclic amines) is 2. The molecule has 0 aromatic carbocycles. The molecule has 0 spiro atoms. The van der Waals surface area contributed by atoms with Crippen molar-refractivity contribution in [3.05, 3.63) is 40.8 Å². The van der Waals surface area contributed by atoms with Gasteiger partial charge in [0.2, 0.25) is 5.91 Å². The Balaban J connectivity index is 1.45. The fourth-order valence-corrected chi connectivity index (χ4v) is 5.15. The zero-order valence-corrected chi connectivity index (χ0v) is 14.9. The van der Waals surface area contributed by atoms with Gasteiger partial charge in [0, 0.05) is 45.0 Å². The third-order valence-corrected chi connectivity index (χ3v) is 6.14.